The van der Waals surface area contributed by atoms with Crippen molar-refractivity contribution in [1.82, 2.24) is 9.78 Å². The van der Waals surface area contributed by atoms with Gasteiger partial charge in [-0.15, -0.1) is 0 Å². The van der Waals surface area contributed by atoms with Crippen LogP contribution in [0.1, 0.15) is 0 Å². The van der Waals surface area contributed by atoms with Crippen LogP contribution in [0.2, 0.25) is 0 Å². The number of rotatable bonds is 1. The molecule has 0 amide bonds. The van der Waals surface area contributed by atoms with Gasteiger partial charge < -0.3 is 5.73 Å². The van der Waals surface area contributed by atoms with E-state index in [1.165, 1.54) is 0 Å². The average Bonchev–Trinajstić information content (AvgIpc) is 2.47. The zero-order valence-electron chi connectivity index (χ0n) is 8.04. The van der Waals surface area contributed by atoms with E-state index in [2.05, 4.69) is 37.0 Å². The van der Waals surface area contributed by atoms with Crippen LogP contribution in [0.3, 0.4) is 0 Å². The van der Waals surface area contributed by atoms with Crippen LogP contribution in [0.15, 0.2) is 33.2 Å². The van der Waals surface area contributed by atoms with E-state index in [1.807, 2.05) is 31.3 Å². The molecule has 0 bridgehead atoms. The second-order valence-corrected chi connectivity index (χ2v) is 4.89. The minimum atomic E-state index is 0.632. The highest BCUT2D eigenvalue weighted by Crippen LogP contribution is 2.31. The molecule has 0 aliphatic heterocycles. The van der Waals surface area contributed by atoms with Crippen molar-refractivity contribution >= 4 is 37.7 Å². The van der Waals surface area contributed by atoms with E-state index in [1.54, 1.807) is 4.68 Å². The third kappa shape index (κ3) is 1.94. The van der Waals surface area contributed by atoms with Crippen LogP contribution < -0.4 is 5.73 Å². The Morgan fingerprint density at radius 1 is 1.20 bits per heavy atom. The molecule has 1 aromatic heterocycles. The molecule has 0 aliphatic rings. The van der Waals surface area contributed by atoms with Gasteiger partial charge in [0.15, 0.2) is 0 Å². The number of nitrogen functional groups attached to an aromatic ring is 1. The molecule has 0 fully saturated rings. The number of nitrogens with zero attached hydrogens (tertiary/aromatic N) is 2. The molecule has 0 unspecified atom stereocenters. The maximum Gasteiger partial charge on any atom is 0.136 e. The summed E-state index contributed by atoms with van der Waals surface area (Å²) in [5, 5.41) is 4.34. The number of anilines is 1. The topological polar surface area (TPSA) is 43.8 Å². The summed E-state index contributed by atoms with van der Waals surface area (Å²) < 4.78 is 3.54. The molecule has 2 aromatic rings. The molecule has 0 aliphatic carbocycles. The fourth-order valence-corrected chi connectivity index (χ4v) is 2.13. The normalized spacial score (nSPS) is 10.6. The molecule has 2 rings (SSSR count). The van der Waals surface area contributed by atoms with E-state index in [0.717, 1.165) is 20.2 Å². The van der Waals surface area contributed by atoms with Gasteiger partial charge in [0.25, 0.3) is 0 Å². The van der Waals surface area contributed by atoms with Gasteiger partial charge in [-0.25, -0.2) is 0 Å². The van der Waals surface area contributed by atoms with E-state index >= 15 is 0 Å². The molecule has 0 spiro atoms. The molecular formula is C10H9Br2N3. The first kappa shape index (κ1) is 10.7. The van der Waals surface area contributed by atoms with Crippen molar-refractivity contribution in [1.29, 1.82) is 0 Å². The largest absolute Gasteiger partial charge is 0.383 e. The third-order valence-electron chi connectivity index (χ3n) is 2.15. The summed E-state index contributed by atoms with van der Waals surface area (Å²) in [6.07, 6.45) is 0. The van der Waals surface area contributed by atoms with Gasteiger partial charge in [-0.05, 0) is 28.1 Å². The van der Waals surface area contributed by atoms with Crippen molar-refractivity contribution < 1.29 is 0 Å². The standard InChI is InChI=1S/C10H9Br2N3/c1-15-10(13)8(12)9(14-15)6-2-4-7(11)5-3-6/h2-5H,13H2,1H3. The summed E-state index contributed by atoms with van der Waals surface area (Å²) in [6.45, 7) is 0. The van der Waals surface area contributed by atoms with Crippen LogP contribution in [0.5, 0.6) is 0 Å². The van der Waals surface area contributed by atoms with Crippen molar-refractivity contribution in [3.05, 3.63) is 33.2 Å². The first-order valence-electron chi connectivity index (χ1n) is 4.33. The van der Waals surface area contributed by atoms with E-state index in [4.69, 9.17) is 5.73 Å². The first-order chi connectivity index (χ1) is 7.09. The summed E-state index contributed by atoms with van der Waals surface area (Å²) in [7, 11) is 1.82. The van der Waals surface area contributed by atoms with Crippen LogP contribution in [0.25, 0.3) is 11.3 Å². The number of hydrogen-bond acceptors (Lipinski definition) is 2. The molecule has 0 saturated heterocycles. The number of aromatic nitrogens is 2. The Hall–Kier alpha value is -0.810. The molecule has 3 nitrogen and oxygen atoms in total. The van der Waals surface area contributed by atoms with Gasteiger partial charge in [-0.3, -0.25) is 4.68 Å². The minimum Gasteiger partial charge on any atom is -0.383 e. The number of hydrogen-bond donors (Lipinski definition) is 1. The molecule has 0 saturated carbocycles. The summed E-state index contributed by atoms with van der Waals surface area (Å²) in [6, 6.07) is 7.95. The van der Waals surface area contributed by atoms with Crippen molar-refractivity contribution in [2.75, 3.05) is 5.73 Å². The van der Waals surface area contributed by atoms with Crippen LogP contribution >= 0.6 is 31.9 Å². The van der Waals surface area contributed by atoms with Crippen molar-refractivity contribution in [2.24, 2.45) is 7.05 Å². The van der Waals surface area contributed by atoms with E-state index in [-0.39, 0.29) is 0 Å². The Labute approximate surface area is 105 Å². The van der Waals surface area contributed by atoms with Crippen LogP contribution in [0.4, 0.5) is 5.82 Å². The monoisotopic (exact) mass is 329 g/mol. The predicted octanol–water partition coefficient (Wildman–Crippen LogP) is 3.19. The number of benzene rings is 1. The Kier molecular flexibility index (Phi) is 2.84. The molecule has 78 valence electrons. The Morgan fingerprint density at radius 2 is 1.80 bits per heavy atom. The summed E-state index contributed by atoms with van der Waals surface area (Å²) in [4.78, 5) is 0. The molecule has 0 radical (unpaired) electrons. The van der Waals surface area contributed by atoms with Crippen molar-refractivity contribution in [3.63, 3.8) is 0 Å². The van der Waals surface area contributed by atoms with Crippen LogP contribution in [-0.2, 0) is 7.05 Å². The second-order valence-electron chi connectivity index (χ2n) is 3.18. The SMILES string of the molecule is Cn1nc(-c2ccc(Br)cc2)c(Br)c1N. The fraction of sp³-hybridized carbons (Fsp3) is 0.100. The summed E-state index contributed by atoms with van der Waals surface area (Å²) >= 11 is 6.83. The zero-order valence-corrected chi connectivity index (χ0v) is 11.2. The summed E-state index contributed by atoms with van der Waals surface area (Å²) in [5.41, 5.74) is 7.72. The van der Waals surface area contributed by atoms with E-state index in [0.29, 0.717) is 5.82 Å². The van der Waals surface area contributed by atoms with Gasteiger partial charge in [-0.2, -0.15) is 5.10 Å². The van der Waals surface area contributed by atoms with E-state index < -0.39 is 0 Å². The third-order valence-corrected chi connectivity index (χ3v) is 3.46. The lowest BCUT2D eigenvalue weighted by Gasteiger charge is -1.97. The number of nitrogens with two attached hydrogens (primary N) is 1. The molecule has 0 atom stereocenters. The van der Waals surface area contributed by atoms with Crippen molar-refractivity contribution in [2.45, 2.75) is 0 Å². The lowest BCUT2D eigenvalue weighted by atomic mass is 10.2. The van der Waals surface area contributed by atoms with Gasteiger partial charge in [0.1, 0.15) is 11.5 Å². The predicted molar refractivity (Wildman–Crippen MR) is 68.5 cm³/mol. The number of aryl methyl sites for hydroxylation is 1. The van der Waals surface area contributed by atoms with Gasteiger partial charge in [0, 0.05) is 17.1 Å². The zero-order chi connectivity index (χ0) is 11.0. The Morgan fingerprint density at radius 3 is 2.27 bits per heavy atom. The van der Waals surface area contributed by atoms with Gasteiger partial charge in [-0.1, -0.05) is 28.1 Å². The lowest BCUT2D eigenvalue weighted by molar-refractivity contribution is 0.782. The highest BCUT2D eigenvalue weighted by Gasteiger charge is 2.12. The molecular weight excluding hydrogens is 322 g/mol. The quantitative estimate of drug-likeness (QED) is 0.872. The molecule has 5 heteroatoms. The maximum atomic E-state index is 5.81. The van der Waals surface area contributed by atoms with Crippen molar-refractivity contribution in [3.8, 4) is 11.3 Å². The fourth-order valence-electron chi connectivity index (χ4n) is 1.30. The van der Waals surface area contributed by atoms with Gasteiger partial charge in [0.2, 0.25) is 0 Å². The first-order valence-corrected chi connectivity index (χ1v) is 5.92. The van der Waals surface area contributed by atoms with E-state index in [9.17, 15) is 0 Å². The highest BCUT2D eigenvalue weighted by atomic mass is 79.9. The Balaban J connectivity index is 2.54. The maximum absolute atomic E-state index is 5.81. The Bertz CT molecular complexity index is 488. The highest BCUT2D eigenvalue weighted by molar-refractivity contribution is 9.11. The van der Waals surface area contributed by atoms with Gasteiger partial charge in [0.05, 0.1) is 4.47 Å². The lowest BCUT2D eigenvalue weighted by Crippen LogP contribution is -1.97. The molecule has 1 aromatic carbocycles. The molecule has 1 heterocycles. The molecule has 2 N–H and O–H groups in total. The van der Waals surface area contributed by atoms with Crippen LogP contribution in [0, 0.1) is 0 Å². The average molecular weight is 331 g/mol. The van der Waals surface area contributed by atoms with Gasteiger partial charge >= 0.3 is 0 Å². The second kappa shape index (κ2) is 3.98. The minimum absolute atomic E-state index is 0.632. The summed E-state index contributed by atoms with van der Waals surface area (Å²) in [5.74, 6) is 0.632. The molecule has 15 heavy (non-hydrogen) atoms. The van der Waals surface area contributed by atoms with Crippen LogP contribution in [-0.4, -0.2) is 9.78 Å². The smallest absolute Gasteiger partial charge is 0.136 e. The number of halogens is 2.